The first-order valence-electron chi connectivity index (χ1n) is 9.17. The topological polar surface area (TPSA) is 59.0 Å². The highest BCUT2D eigenvalue weighted by Gasteiger charge is 2.31. The van der Waals surface area contributed by atoms with E-state index in [2.05, 4.69) is 10.2 Å². The van der Waals surface area contributed by atoms with Crippen LogP contribution >= 0.6 is 0 Å². The zero-order valence-electron chi connectivity index (χ0n) is 15.4. The van der Waals surface area contributed by atoms with Crippen LogP contribution < -0.4 is 15.1 Å². The van der Waals surface area contributed by atoms with Crippen LogP contribution in [0.1, 0.15) is 5.56 Å². The number of anilines is 3. The predicted octanol–water partition coefficient (Wildman–Crippen LogP) is 2.80. The molecule has 5 nitrogen and oxygen atoms in total. The summed E-state index contributed by atoms with van der Waals surface area (Å²) in [5.41, 5.74) is 1.86. The van der Waals surface area contributed by atoms with Gasteiger partial charge in [0.15, 0.2) is 0 Å². The molecule has 0 bridgehead atoms. The number of hydrogen-bond donors (Lipinski definition) is 3. The molecule has 0 radical (unpaired) electrons. The van der Waals surface area contributed by atoms with Gasteiger partial charge in [-0.2, -0.15) is 13.2 Å². The summed E-state index contributed by atoms with van der Waals surface area (Å²) in [6.07, 6.45) is -5.13. The van der Waals surface area contributed by atoms with E-state index in [1.807, 2.05) is 29.2 Å². The lowest BCUT2D eigenvalue weighted by atomic mass is 10.1. The summed E-state index contributed by atoms with van der Waals surface area (Å²) < 4.78 is 38.7. The van der Waals surface area contributed by atoms with Gasteiger partial charge >= 0.3 is 6.18 Å². The molecular formula is C20H24F3N3O2. The molecule has 0 aromatic heterocycles. The van der Waals surface area contributed by atoms with Crippen LogP contribution in [0.3, 0.4) is 0 Å². The molecule has 0 aliphatic carbocycles. The van der Waals surface area contributed by atoms with Crippen molar-refractivity contribution in [3.63, 3.8) is 0 Å². The van der Waals surface area contributed by atoms with E-state index < -0.39 is 17.8 Å². The Kier molecular flexibility index (Phi) is 6.31. The van der Waals surface area contributed by atoms with Crippen molar-refractivity contribution < 1.29 is 23.4 Å². The first-order chi connectivity index (χ1) is 13.4. The smallest absolute Gasteiger partial charge is 0.394 e. The SMILES string of the molecule is OCC(O)CNc1ccc(N2CCN(c3cccc(C(F)(F)F)c3)CC2)cc1. The Hall–Kier alpha value is -2.45. The third-order valence-corrected chi connectivity index (χ3v) is 4.80. The maximum atomic E-state index is 12.9. The molecule has 0 saturated carbocycles. The largest absolute Gasteiger partial charge is 0.416 e. The number of rotatable bonds is 6. The number of benzene rings is 2. The number of aliphatic hydroxyl groups is 2. The third kappa shape index (κ3) is 5.08. The summed E-state index contributed by atoms with van der Waals surface area (Å²) in [4.78, 5) is 4.16. The fourth-order valence-electron chi connectivity index (χ4n) is 3.19. The van der Waals surface area contributed by atoms with Crippen LogP contribution in [-0.2, 0) is 6.18 Å². The highest BCUT2D eigenvalue weighted by Crippen LogP contribution is 2.32. The van der Waals surface area contributed by atoms with Gasteiger partial charge in [-0.3, -0.25) is 0 Å². The zero-order chi connectivity index (χ0) is 20.1. The predicted molar refractivity (Wildman–Crippen MR) is 104 cm³/mol. The highest BCUT2D eigenvalue weighted by atomic mass is 19.4. The quantitative estimate of drug-likeness (QED) is 0.702. The zero-order valence-corrected chi connectivity index (χ0v) is 15.4. The lowest BCUT2D eigenvalue weighted by Crippen LogP contribution is -2.46. The molecular weight excluding hydrogens is 371 g/mol. The Morgan fingerprint density at radius 1 is 0.929 bits per heavy atom. The number of alkyl halides is 3. The van der Waals surface area contributed by atoms with E-state index in [1.54, 1.807) is 6.07 Å². The molecule has 1 atom stereocenters. The highest BCUT2D eigenvalue weighted by molar-refractivity contribution is 5.57. The van der Waals surface area contributed by atoms with Crippen molar-refractivity contribution in [3.8, 4) is 0 Å². The van der Waals surface area contributed by atoms with Gasteiger partial charge in [0.2, 0.25) is 0 Å². The standard InChI is InChI=1S/C20H24F3N3O2/c21-20(22,23)15-2-1-3-18(12-15)26-10-8-25(9-11-26)17-6-4-16(5-7-17)24-13-19(28)14-27/h1-7,12,19,24,27-28H,8-11,13-14H2. The summed E-state index contributed by atoms with van der Waals surface area (Å²) in [6.45, 7) is 2.69. The van der Waals surface area contributed by atoms with Crippen LogP contribution in [0, 0.1) is 0 Å². The van der Waals surface area contributed by atoms with E-state index in [-0.39, 0.29) is 13.2 Å². The summed E-state index contributed by atoms with van der Waals surface area (Å²) in [6, 6.07) is 13.2. The first-order valence-corrected chi connectivity index (χ1v) is 9.17. The van der Waals surface area contributed by atoms with Gasteiger partial charge in [-0.1, -0.05) is 6.07 Å². The molecule has 1 aliphatic heterocycles. The van der Waals surface area contributed by atoms with E-state index in [9.17, 15) is 18.3 Å². The maximum Gasteiger partial charge on any atom is 0.416 e. The minimum atomic E-state index is -4.33. The van der Waals surface area contributed by atoms with Gasteiger partial charge in [0.1, 0.15) is 0 Å². The molecule has 2 aromatic carbocycles. The van der Waals surface area contributed by atoms with Gasteiger partial charge in [0.05, 0.1) is 18.3 Å². The average molecular weight is 395 g/mol. The van der Waals surface area contributed by atoms with E-state index >= 15 is 0 Å². The third-order valence-electron chi connectivity index (χ3n) is 4.80. The van der Waals surface area contributed by atoms with Crippen LogP contribution in [0.4, 0.5) is 30.2 Å². The Morgan fingerprint density at radius 3 is 2.11 bits per heavy atom. The lowest BCUT2D eigenvalue weighted by molar-refractivity contribution is -0.137. The van der Waals surface area contributed by atoms with Gasteiger partial charge in [0.25, 0.3) is 0 Å². The molecule has 28 heavy (non-hydrogen) atoms. The van der Waals surface area contributed by atoms with Gasteiger partial charge < -0.3 is 25.3 Å². The molecule has 2 aromatic rings. The molecule has 0 spiro atoms. The molecule has 1 unspecified atom stereocenters. The summed E-state index contributed by atoms with van der Waals surface area (Å²) in [7, 11) is 0. The lowest BCUT2D eigenvalue weighted by Gasteiger charge is -2.37. The van der Waals surface area contributed by atoms with Crippen LogP contribution in [0.15, 0.2) is 48.5 Å². The van der Waals surface area contributed by atoms with Crippen molar-refractivity contribution in [1.82, 2.24) is 0 Å². The van der Waals surface area contributed by atoms with Gasteiger partial charge in [-0.25, -0.2) is 0 Å². The molecule has 1 fully saturated rings. The fourth-order valence-corrected chi connectivity index (χ4v) is 3.19. The summed E-state index contributed by atoms with van der Waals surface area (Å²) >= 11 is 0. The van der Waals surface area contributed by atoms with Crippen molar-refractivity contribution in [2.75, 3.05) is 54.4 Å². The summed E-state index contributed by atoms with van der Waals surface area (Å²) in [5.74, 6) is 0. The van der Waals surface area contributed by atoms with Crippen LogP contribution in [0.5, 0.6) is 0 Å². The molecule has 3 N–H and O–H groups in total. The molecule has 1 heterocycles. The van der Waals surface area contributed by atoms with Crippen molar-refractivity contribution in [2.45, 2.75) is 12.3 Å². The van der Waals surface area contributed by atoms with Crippen molar-refractivity contribution in [3.05, 3.63) is 54.1 Å². The average Bonchev–Trinajstić information content (AvgIpc) is 2.72. The minimum absolute atomic E-state index is 0.269. The second-order valence-electron chi connectivity index (χ2n) is 6.79. The molecule has 0 amide bonds. The number of hydrogen-bond acceptors (Lipinski definition) is 5. The number of halogens is 3. The van der Waals surface area contributed by atoms with Crippen LogP contribution in [0.2, 0.25) is 0 Å². The number of nitrogens with zero attached hydrogens (tertiary/aromatic N) is 2. The van der Waals surface area contributed by atoms with Crippen molar-refractivity contribution in [2.24, 2.45) is 0 Å². The fraction of sp³-hybridized carbons (Fsp3) is 0.400. The second kappa shape index (κ2) is 8.70. The van der Waals surface area contributed by atoms with Gasteiger partial charge in [-0.15, -0.1) is 0 Å². The first kappa shape index (κ1) is 20.3. The minimum Gasteiger partial charge on any atom is -0.394 e. The van der Waals surface area contributed by atoms with Crippen molar-refractivity contribution in [1.29, 1.82) is 0 Å². The summed E-state index contributed by atoms with van der Waals surface area (Å²) in [5, 5.41) is 21.2. The van der Waals surface area contributed by atoms with Crippen molar-refractivity contribution >= 4 is 17.1 Å². The Bertz CT molecular complexity index is 760. The Morgan fingerprint density at radius 2 is 1.54 bits per heavy atom. The van der Waals surface area contributed by atoms with E-state index in [1.165, 1.54) is 12.1 Å². The Balaban J connectivity index is 1.57. The second-order valence-corrected chi connectivity index (χ2v) is 6.79. The van der Waals surface area contributed by atoms with Crippen LogP contribution in [-0.4, -0.2) is 55.6 Å². The molecule has 1 aliphatic rings. The van der Waals surface area contributed by atoms with E-state index in [0.717, 1.165) is 17.4 Å². The molecule has 3 rings (SSSR count). The molecule has 1 saturated heterocycles. The normalized spacial score (nSPS) is 16.2. The maximum absolute atomic E-state index is 12.9. The van der Waals surface area contributed by atoms with Gasteiger partial charge in [-0.05, 0) is 42.5 Å². The monoisotopic (exact) mass is 395 g/mol. The van der Waals surface area contributed by atoms with Gasteiger partial charge in [0, 0.05) is 49.8 Å². The van der Waals surface area contributed by atoms with E-state index in [4.69, 9.17) is 5.11 Å². The number of piperazine rings is 1. The number of aliphatic hydroxyl groups excluding tert-OH is 2. The molecule has 8 heteroatoms. The number of nitrogens with one attached hydrogen (secondary N) is 1. The Labute approximate surface area is 162 Å². The van der Waals surface area contributed by atoms with E-state index in [0.29, 0.717) is 31.9 Å². The van der Waals surface area contributed by atoms with Crippen LogP contribution in [0.25, 0.3) is 0 Å². The molecule has 152 valence electrons.